The van der Waals surface area contributed by atoms with Gasteiger partial charge in [-0.1, -0.05) is 20.8 Å². The second-order valence-electron chi connectivity index (χ2n) is 3.62. The van der Waals surface area contributed by atoms with Crippen molar-refractivity contribution in [3.63, 3.8) is 0 Å². The van der Waals surface area contributed by atoms with Gasteiger partial charge in [-0.25, -0.2) is 0 Å². The van der Waals surface area contributed by atoms with Crippen molar-refractivity contribution in [3.8, 4) is 0 Å². The molecule has 0 fully saturated rings. The van der Waals surface area contributed by atoms with E-state index in [0.29, 0.717) is 6.04 Å². The minimum absolute atomic E-state index is 0.220. The molecule has 3 nitrogen and oxygen atoms in total. The highest BCUT2D eigenvalue weighted by Crippen LogP contribution is 2.02. The van der Waals surface area contributed by atoms with Crippen molar-refractivity contribution in [3.05, 3.63) is 0 Å². The Balaban J connectivity index is 3.55. The van der Waals surface area contributed by atoms with Crippen molar-refractivity contribution in [1.82, 2.24) is 5.32 Å². The van der Waals surface area contributed by atoms with Gasteiger partial charge >= 0.3 is 5.97 Å². The molecule has 0 saturated carbocycles. The lowest BCUT2D eigenvalue weighted by Crippen LogP contribution is -2.32. The van der Waals surface area contributed by atoms with Crippen LogP contribution in [-0.2, 0) is 4.79 Å². The molecule has 3 heteroatoms. The van der Waals surface area contributed by atoms with Gasteiger partial charge in [-0.05, 0) is 25.3 Å². The molecule has 0 aromatic heterocycles. The first-order chi connectivity index (χ1) is 6.10. The van der Waals surface area contributed by atoms with E-state index < -0.39 is 5.97 Å². The molecule has 0 heterocycles. The predicted molar refractivity (Wildman–Crippen MR) is 53.8 cm³/mol. The average molecular weight is 187 g/mol. The van der Waals surface area contributed by atoms with Gasteiger partial charge in [0.2, 0.25) is 0 Å². The molecule has 78 valence electrons. The van der Waals surface area contributed by atoms with E-state index in [-0.39, 0.29) is 12.3 Å². The van der Waals surface area contributed by atoms with Gasteiger partial charge in [-0.3, -0.25) is 4.79 Å². The molecule has 0 radical (unpaired) electrons. The summed E-state index contributed by atoms with van der Waals surface area (Å²) in [4.78, 5) is 10.4. The van der Waals surface area contributed by atoms with E-state index in [9.17, 15) is 4.79 Å². The Kier molecular flexibility index (Phi) is 6.59. The first kappa shape index (κ1) is 12.4. The number of carbonyl (C=O) groups is 1. The molecule has 13 heavy (non-hydrogen) atoms. The Hall–Kier alpha value is -0.570. The number of aliphatic carboxylic acids is 1. The minimum atomic E-state index is -0.709. The summed E-state index contributed by atoms with van der Waals surface area (Å²) in [5.41, 5.74) is 0. The van der Waals surface area contributed by atoms with Crippen LogP contribution in [0.3, 0.4) is 0 Å². The van der Waals surface area contributed by atoms with Gasteiger partial charge in [0.25, 0.3) is 0 Å². The second-order valence-corrected chi connectivity index (χ2v) is 3.62. The van der Waals surface area contributed by atoms with E-state index >= 15 is 0 Å². The van der Waals surface area contributed by atoms with Crippen molar-refractivity contribution in [2.75, 3.05) is 6.54 Å². The van der Waals surface area contributed by atoms with Gasteiger partial charge in [-0.15, -0.1) is 0 Å². The Morgan fingerprint density at radius 3 is 2.31 bits per heavy atom. The Bertz CT molecular complexity index is 144. The van der Waals surface area contributed by atoms with E-state index in [1.54, 1.807) is 0 Å². The van der Waals surface area contributed by atoms with Crippen LogP contribution in [0.25, 0.3) is 0 Å². The molecule has 0 amide bonds. The van der Waals surface area contributed by atoms with Crippen LogP contribution >= 0.6 is 0 Å². The van der Waals surface area contributed by atoms with Crippen molar-refractivity contribution < 1.29 is 9.90 Å². The minimum Gasteiger partial charge on any atom is -0.481 e. The van der Waals surface area contributed by atoms with Crippen LogP contribution in [-0.4, -0.2) is 23.7 Å². The summed E-state index contributed by atoms with van der Waals surface area (Å²) in [6.45, 7) is 7.05. The molecule has 0 rings (SSSR count). The molecule has 0 aliphatic carbocycles. The Labute approximate surface area is 80.5 Å². The zero-order chi connectivity index (χ0) is 10.3. The fourth-order valence-electron chi connectivity index (χ4n) is 1.32. The molecule has 2 N–H and O–H groups in total. The Morgan fingerprint density at radius 2 is 1.92 bits per heavy atom. The molecular formula is C10H21NO2. The lowest BCUT2D eigenvalue weighted by Gasteiger charge is -2.17. The van der Waals surface area contributed by atoms with E-state index in [1.165, 1.54) is 0 Å². The fourth-order valence-corrected chi connectivity index (χ4v) is 1.32. The largest absolute Gasteiger partial charge is 0.481 e. The first-order valence-electron chi connectivity index (χ1n) is 5.05. The van der Waals surface area contributed by atoms with Crippen LogP contribution in [0.4, 0.5) is 0 Å². The van der Waals surface area contributed by atoms with Crippen molar-refractivity contribution >= 4 is 5.97 Å². The van der Waals surface area contributed by atoms with Crippen LogP contribution in [0.15, 0.2) is 0 Å². The molecule has 0 bridgehead atoms. The summed E-state index contributed by atoms with van der Waals surface area (Å²) < 4.78 is 0. The van der Waals surface area contributed by atoms with E-state index in [0.717, 1.165) is 19.4 Å². The summed E-state index contributed by atoms with van der Waals surface area (Å²) >= 11 is 0. The van der Waals surface area contributed by atoms with Crippen LogP contribution in [0.1, 0.15) is 40.0 Å². The summed E-state index contributed by atoms with van der Waals surface area (Å²) in [5.74, 6) is -0.489. The molecule has 0 aliphatic rings. The highest BCUT2D eigenvalue weighted by molar-refractivity contribution is 5.66. The molecular weight excluding hydrogens is 166 g/mol. The first-order valence-corrected chi connectivity index (χ1v) is 5.05. The zero-order valence-electron chi connectivity index (χ0n) is 8.84. The molecule has 0 saturated heterocycles. The molecule has 0 aromatic rings. The lowest BCUT2D eigenvalue weighted by atomic mass is 10.1. The second kappa shape index (κ2) is 6.89. The average Bonchev–Trinajstić information content (AvgIpc) is 2.05. The highest BCUT2D eigenvalue weighted by Gasteiger charge is 2.09. The number of carboxylic acids is 1. The summed E-state index contributed by atoms with van der Waals surface area (Å²) in [5, 5.41) is 11.9. The monoisotopic (exact) mass is 187 g/mol. The van der Waals surface area contributed by atoms with Crippen molar-refractivity contribution in [1.29, 1.82) is 0 Å². The number of carboxylic acid groups (broad SMARTS) is 1. The maximum absolute atomic E-state index is 10.4. The van der Waals surface area contributed by atoms with Crippen molar-refractivity contribution in [2.45, 2.75) is 46.1 Å². The maximum atomic E-state index is 10.4. The van der Waals surface area contributed by atoms with E-state index in [4.69, 9.17) is 5.11 Å². The fraction of sp³-hybridized carbons (Fsp3) is 0.900. The smallest absolute Gasteiger partial charge is 0.303 e. The SMILES string of the molecule is CCC(CC)NCC(C)CC(=O)O. The van der Waals surface area contributed by atoms with Crippen molar-refractivity contribution in [2.24, 2.45) is 5.92 Å². The van der Waals surface area contributed by atoms with Gasteiger partial charge in [0.15, 0.2) is 0 Å². The zero-order valence-corrected chi connectivity index (χ0v) is 8.84. The quantitative estimate of drug-likeness (QED) is 0.639. The third-order valence-corrected chi connectivity index (χ3v) is 2.26. The topological polar surface area (TPSA) is 49.3 Å². The Morgan fingerprint density at radius 1 is 1.38 bits per heavy atom. The maximum Gasteiger partial charge on any atom is 0.303 e. The highest BCUT2D eigenvalue weighted by atomic mass is 16.4. The molecule has 0 spiro atoms. The molecule has 1 atom stereocenters. The summed E-state index contributed by atoms with van der Waals surface area (Å²) in [7, 11) is 0. The van der Waals surface area contributed by atoms with E-state index in [1.807, 2.05) is 6.92 Å². The van der Waals surface area contributed by atoms with Gasteiger partial charge in [0.05, 0.1) is 0 Å². The number of nitrogens with one attached hydrogen (secondary N) is 1. The number of rotatable bonds is 7. The standard InChI is InChI=1S/C10H21NO2/c1-4-9(5-2)11-7-8(3)6-10(12)13/h8-9,11H,4-7H2,1-3H3,(H,12,13). The van der Waals surface area contributed by atoms with Gasteiger partial charge in [0.1, 0.15) is 0 Å². The van der Waals surface area contributed by atoms with Crippen LogP contribution < -0.4 is 5.32 Å². The predicted octanol–water partition coefficient (Wildman–Crippen LogP) is 1.88. The van der Waals surface area contributed by atoms with Crippen LogP contribution in [0.2, 0.25) is 0 Å². The summed E-state index contributed by atoms with van der Waals surface area (Å²) in [6.07, 6.45) is 2.47. The lowest BCUT2D eigenvalue weighted by molar-refractivity contribution is -0.137. The van der Waals surface area contributed by atoms with Crippen LogP contribution in [0.5, 0.6) is 0 Å². The van der Waals surface area contributed by atoms with Crippen LogP contribution in [0, 0.1) is 5.92 Å². The third kappa shape index (κ3) is 6.58. The normalized spacial score (nSPS) is 13.2. The summed E-state index contributed by atoms with van der Waals surface area (Å²) in [6, 6.07) is 0.538. The van der Waals surface area contributed by atoms with Gasteiger partial charge in [-0.2, -0.15) is 0 Å². The third-order valence-electron chi connectivity index (χ3n) is 2.26. The molecule has 0 aliphatic heterocycles. The van der Waals surface area contributed by atoms with Gasteiger partial charge in [0, 0.05) is 12.5 Å². The number of hydrogen-bond donors (Lipinski definition) is 2. The molecule has 0 aromatic carbocycles. The number of hydrogen-bond acceptors (Lipinski definition) is 2. The van der Waals surface area contributed by atoms with Gasteiger partial charge < -0.3 is 10.4 Å². The molecule has 1 unspecified atom stereocenters. The van der Waals surface area contributed by atoms with E-state index in [2.05, 4.69) is 19.2 Å².